The fourth-order valence-corrected chi connectivity index (χ4v) is 2.41. The van der Waals surface area contributed by atoms with Crippen molar-refractivity contribution in [2.45, 2.75) is 30.6 Å². The lowest BCUT2D eigenvalue weighted by molar-refractivity contribution is -0.117. The molecule has 0 unspecified atom stereocenters. The minimum Gasteiger partial charge on any atom is -0.502 e. The first-order valence-corrected chi connectivity index (χ1v) is 5.21. The summed E-state index contributed by atoms with van der Waals surface area (Å²) in [6.07, 6.45) is -6.88. The zero-order chi connectivity index (χ0) is 13.2. The first kappa shape index (κ1) is 11.4. The molecule has 98 valence electrons. The van der Waals surface area contributed by atoms with Gasteiger partial charge in [-0.25, -0.2) is 4.79 Å². The normalized spacial score (nSPS) is 37.6. The number of nitrogens with zero attached hydrogens (tertiary/aromatic N) is 1. The van der Waals surface area contributed by atoms with Crippen molar-refractivity contribution in [1.29, 1.82) is 0 Å². The van der Waals surface area contributed by atoms with E-state index < -0.39 is 47.6 Å². The molecule has 2 bridgehead atoms. The van der Waals surface area contributed by atoms with Crippen molar-refractivity contribution >= 4 is 0 Å². The van der Waals surface area contributed by atoms with E-state index >= 15 is 0 Å². The van der Waals surface area contributed by atoms with Gasteiger partial charge in [0.15, 0.2) is 6.23 Å². The third kappa shape index (κ3) is 1.18. The van der Waals surface area contributed by atoms with Gasteiger partial charge in [-0.2, -0.15) is 0 Å². The van der Waals surface area contributed by atoms with E-state index in [-0.39, 0.29) is 5.69 Å². The maximum absolute atomic E-state index is 11.6. The van der Waals surface area contributed by atoms with Crippen molar-refractivity contribution in [3.63, 3.8) is 0 Å². The maximum atomic E-state index is 11.6. The minimum atomic E-state index is -1.58. The molecule has 1 aromatic rings. The van der Waals surface area contributed by atoms with Crippen molar-refractivity contribution in [2.24, 2.45) is 0 Å². The molecule has 9 nitrogen and oxygen atoms in total. The largest absolute Gasteiger partial charge is 0.502 e. The van der Waals surface area contributed by atoms with Gasteiger partial charge in [-0.15, -0.1) is 0 Å². The average Bonchev–Trinajstić information content (AvgIpc) is 2.57. The highest BCUT2D eigenvalue weighted by molar-refractivity contribution is 5.29. The zero-order valence-corrected chi connectivity index (χ0v) is 8.85. The molecule has 1 saturated heterocycles. The smallest absolute Gasteiger partial charge is 0.331 e. The van der Waals surface area contributed by atoms with Gasteiger partial charge in [0.2, 0.25) is 5.75 Å². The average molecular weight is 258 g/mol. The maximum Gasteiger partial charge on any atom is 0.331 e. The molecule has 3 rings (SSSR count). The van der Waals surface area contributed by atoms with Gasteiger partial charge in [0, 0.05) is 0 Å². The number of hydrogen-bond acceptors (Lipinski definition) is 7. The Morgan fingerprint density at radius 1 is 1.17 bits per heavy atom. The van der Waals surface area contributed by atoms with Gasteiger partial charge in [0.25, 0.3) is 5.56 Å². The Bertz CT molecular complexity index is 620. The van der Waals surface area contributed by atoms with Crippen LogP contribution in [0.1, 0.15) is 18.0 Å². The molecule has 0 amide bonds. The first-order chi connectivity index (χ1) is 8.43. The number of aromatic nitrogens is 2. The summed E-state index contributed by atoms with van der Waals surface area (Å²) in [6.45, 7) is 0. The van der Waals surface area contributed by atoms with Crippen LogP contribution in [0.2, 0.25) is 0 Å². The number of nitrogens with one attached hydrogen (secondary N) is 1. The fraction of sp³-hybridized carbons (Fsp3) is 0.556. The third-order valence-electron chi connectivity index (χ3n) is 3.28. The number of aliphatic hydroxyl groups is 3. The lowest BCUT2D eigenvalue weighted by Crippen LogP contribution is -2.42. The molecular formula is C9H10N2O7. The van der Waals surface area contributed by atoms with Crippen LogP contribution in [-0.4, -0.2) is 48.3 Å². The quantitative estimate of drug-likeness (QED) is 0.331. The van der Waals surface area contributed by atoms with E-state index in [0.717, 1.165) is 4.57 Å². The molecule has 9 heteroatoms. The highest BCUT2D eigenvalue weighted by atomic mass is 16.6. The number of ether oxygens (including phenoxy) is 1. The second-order valence-electron chi connectivity index (χ2n) is 4.28. The predicted molar refractivity (Wildman–Crippen MR) is 53.9 cm³/mol. The van der Waals surface area contributed by atoms with Crippen LogP contribution in [0, 0.1) is 0 Å². The lowest BCUT2D eigenvalue weighted by atomic mass is 10.0. The van der Waals surface area contributed by atoms with E-state index in [1.54, 1.807) is 0 Å². The topological polar surface area (TPSA) is 145 Å². The summed E-state index contributed by atoms with van der Waals surface area (Å²) in [5.74, 6) is -0.832. The summed E-state index contributed by atoms with van der Waals surface area (Å²) >= 11 is 0. The number of aliphatic hydroxyl groups excluding tert-OH is 3. The van der Waals surface area contributed by atoms with Crippen molar-refractivity contribution in [3.8, 4) is 5.75 Å². The van der Waals surface area contributed by atoms with Gasteiger partial charge in [-0.3, -0.25) is 14.3 Å². The standard InChI is InChI=1S/C9H10N2O7/c12-2-1-3(13)7(16)10-9(17)11(1)8-5(15)4(14)6(2)18-8/h2,4-6,8,12-15H,(H,10,16,17)/t2-,4-,5+,6+,8+/m0/s1. The van der Waals surface area contributed by atoms with Crippen LogP contribution in [0.15, 0.2) is 9.59 Å². The number of aromatic hydroxyl groups is 1. The van der Waals surface area contributed by atoms with Gasteiger partial charge in [0.05, 0.1) is 0 Å². The predicted octanol–water partition coefficient (Wildman–Crippen LogP) is -3.09. The SMILES string of the molecule is O=c1[nH]c(=O)n2c(c1O)[C@H](O)[C@H]1O[C@@H]2[C@H](O)[C@@H]1O. The third-order valence-corrected chi connectivity index (χ3v) is 3.28. The Kier molecular flexibility index (Phi) is 2.17. The molecule has 5 atom stereocenters. The van der Waals surface area contributed by atoms with Gasteiger partial charge >= 0.3 is 5.69 Å². The van der Waals surface area contributed by atoms with E-state index in [1.165, 1.54) is 0 Å². The van der Waals surface area contributed by atoms with Crippen LogP contribution < -0.4 is 11.2 Å². The summed E-state index contributed by atoms with van der Waals surface area (Å²) in [4.78, 5) is 24.7. The van der Waals surface area contributed by atoms with Gasteiger partial charge < -0.3 is 25.2 Å². The van der Waals surface area contributed by atoms with Crippen molar-refractivity contribution in [1.82, 2.24) is 9.55 Å². The lowest BCUT2D eigenvalue weighted by Gasteiger charge is -2.29. The molecule has 0 spiro atoms. The Hall–Kier alpha value is -1.68. The van der Waals surface area contributed by atoms with Gasteiger partial charge in [-0.05, 0) is 0 Å². The van der Waals surface area contributed by atoms with Crippen LogP contribution in [0.5, 0.6) is 5.75 Å². The monoisotopic (exact) mass is 258 g/mol. The Morgan fingerprint density at radius 2 is 1.83 bits per heavy atom. The summed E-state index contributed by atoms with van der Waals surface area (Å²) in [5.41, 5.74) is -2.35. The van der Waals surface area contributed by atoms with Crippen molar-refractivity contribution < 1.29 is 25.2 Å². The number of fused-ring (bicyclic) bond motifs is 4. The van der Waals surface area contributed by atoms with E-state index in [2.05, 4.69) is 0 Å². The summed E-state index contributed by atoms with van der Waals surface area (Å²) in [6, 6.07) is 0. The molecule has 5 N–H and O–H groups in total. The second kappa shape index (κ2) is 3.42. The molecule has 0 saturated carbocycles. The Morgan fingerprint density at radius 3 is 2.50 bits per heavy atom. The molecule has 18 heavy (non-hydrogen) atoms. The highest BCUT2D eigenvalue weighted by Crippen LogP contribution is 2.42. The molecular weight excluding hydrogens is 248 g/mol. The number of hydrogen-bond donors (Lipinski definition) is 5. The van der Waals surface area contributed by atoms with Crippen molar-refractivity contribution in [3.05, 3.63) is 26.5 Å². The molecule has 2 aliphatic rings. The summed E-state index contributed by atoms with van der Waals surface area (Å²) in [5, 5.41) is 38.8. The van der Waals surface area contributed by atoms with Crippen LogP contribution in [0.25, 0.3) is 0 Å². The van der Waals surface area contributed by atoms with E-state index in [9.17, 15) is 30.0 Å². The molecule has 0 aromatic carbocycles. The highest BCUT2D eigenvalue weighted by Gasteiger charge is 2.53. The minimum absolute atomic E-state index is 0.361. The van der Waals surface area contributed by atoms with Crippen molar-refractivity contribution in [2.75, 3.05) is 0 Å². The van der Waals surface area contributed by atoms with Crippen LogP contribution in [0.3, 0.4) is 0 Å². The van der Waals surface area contributed by atoms with Crippen LogP contribution in [0.4, 0.5) is 0 Å². The Labute approximate surface area is 98.5 Å². The van der Waals surface area contributed by atoms with Crippen LogP contribution in [-0.2, 0) is 4.74 Å². The second-order valence-corrected chi connectivity index (χ2v) is 4.28. The summed E-state index contributed by atoms with van der Waals surface area (Å²) in [7, 11) is 0. The van der Waals surface area contributed by atoms with E-state index in [0.29, 0.717) is 0 Å². The zero-order valence-electron chi connectivity index (χ0n) is 8.85. The molecule has 0 aliphatic carbocycles. The molecule has 2 aliphatic heterocycles. The molecule has 0 radical (unpaired) electrons. The van der Waals surface area contributed by atoms with Crippen LogP contribution >= 0.6 is 0 Å². The van der Waals surface area contributed by atoms with E-state index in [1.807, 2.05) is 4.98 Å². The molecule has 1 fully saturated rings. The Balaban J connectivity index is 2.34. The molecule has 1 aromatic heterocycles. The number of aromatic amines is 1. The first-order valence-electron chi connectivity index (χ1n) is 5.21. The number of H-pyrrole nitrogens is 1. The molecule has 3 heterocycles. The van der Waals surface area contributed by atoms with Gasteiger partial charge in [-0.1, -0.05) is 0 Å². The fourth-order valence-electron chi connectivity index (χ4n) is 2.41. The summed E-state index contributed by atoms with van der Waals surface area (Å²) < 4.78 is 5.85. The van der Waals surface area contributed by atoms with Gasteiger partial charge in [0.1, 0.15) is 30.1 Å². The van der Waals surface area contributed by atoms with E-state index in [4.69, 9.17) is 4.74 Å². The number of rotatable bonds is 0.